The summed E-state index contributed by atoms with van der Waals surface area (Å²) in [5, 5.41) is 14.6. The molecule has 1 heterocycles. The van der Waals surface area contributed by atoms with Gasteiger partial charge in [-0.15, -0.1) is 0 Å². The number of aromatic nitrogens is 2. The molecule has 0 spiro atoms. The highest BCUT2D eigenvalue weighted by molar-refractivity contribution is 5.57. The maximum absolute atomic E-state index is 13.2. The molecule has 0 amide bonds. The second-order valence-electron chi connectivity index (χ2n) is 7.11. The molecule has 1 aliphatic rings. The van der Waals surface area contributed by atoms with Crippen LogP contribution in [0.25, 0.3) is 11.8 Å². The number of hydrogen-bond acceptors (Lipinski definition) is 2. The lowest BCUT2D eigenvalue weighted by molar-refractivity contribution is 0.192. The second-order valence-corrected chi connectivity index (χ2v) is 7.11. The maximum atomic E-state index is 13.2. The van der Waals surface area contributed by atoms with Crippen molar-refractivity contribution >= 4 is 6.08 Å². The molecule has 132 valence electrons. The van der Waals surface area contributed by atoms with E-state index in [9.17, 15) is 9.50 Å². The van der Waals surface area contributed by atoms with Gasteiger partial charge in [0.25, 0.3) is 0 Å². The van der Waals surface area contributed by atoms with Crippen LogP contribution in [0.4, 0.5) is 4.39 Å². The SMILES string of the molecule is CC1(C(CO)c2ccccc2)C=Cc2c(cnn2-c2ccc(F)cc2)C1. The van der Waals surface area contributed by atoms with Gasteiger partial charge >= 0.3 is 0 Å². The third-order valence-electron chi connectivity index (χ3n) is 5.33. The van der Waals surface area contributed by atoms with Crippen LogP contribution in [0.5, 0.6) is 0 Å². The first-order valence-corrected chi connectivity index (χ1v) is 8.78. The summed E-state index contributed by atoms with van der Waals surface area (Å²) in [5.74, 6) is -0.242. The molecule has 0 saturated heterocycles. The Morgan fingerprint density at radius 3 is 2.58 bits per heavy atom. The van der Waals surface area contributed by atoms with Crippen LogP contribution in [0.15, 0.2) is 66.9 Å². The van der Waals surface area contributed by atoms with E-state index in [0.717, 1.165) is 28.9 Å². The zero-order valence-corrected chi connectivity index (χ0v) is 14.6. The van der Waals surface area contributed by atoms with E-state index in [-0.39, 0.29) is 23.8 Å². The first-order valence-electron chi connectivity index (χ1n) is 8.78. The highest BCUT2D eigenvalue weighted by atomic mass is 19.1. The number of halogens is 1. The summed E-state index contributed by atoms with van der Waals surface area (Å²) in [5.41, 5.74) is 3.92. The third-order valence-corrected chi connectivity index (χ3v) is 5.33. The van der Waals surface area contributed by atoms with Crippen LogP contribution < -0.4 is 0 Å². The fraction of sp³-hybridized carbons (Fsp3) is 0.227. The minimum Gasteiger partial charge on any atom is -0.396 e. The number of hydrogen-bond donors (Lipinski definition) is 1. The quantitative estimate of drug-likeness (QED) is 0.761. The van der Waals surface area contributed by atoms with Gasteiger partial charge in [-0.1, -0.05) is 43.3 Å². The first-order chi connectivity index (χ1) is 12.6. The first kappa shape index (κ1) is 16.7. The van der Waals surface area contributed by atoms with Crippen molar-refractivity contribution in [3.05, 3.63) is 89.5 Å². The van der Waals surface area contributed by atoms with Crippen molar-refractivity contribution in [3.63, 3.8) is 0 Å². The molecule has 3 nitrogen and oxygen atoms in total. The molecule has 4 heteroatoms. The zero-order chi connectivity index (χ0) is 18.1. The van der Waals surface area contributed by atoms with Crippen molar-refractivity contribution in [2.45, 2.75) is 19.3 Å². The molecule has 0 saturated carbocycles. The molecular formula is C22H21FN2O. The standard InChI is InChI=1S/C22H21FN2O/c1-22(20(15-26)16-5-3-2-4-6-16)12-11-21-17(13-22)14-24-25(21)19-9-7-18(23)8-10-19/h2-12,14,20,26H,13,15H2,1H3. The number of aliphatic hydroxyl groups excluding tert-OH is 1. The van der Waals surface area contributed by atoms with Crippen LogP contribution in [0.3, 0.4) is 0 Å². The van der Waals surface area contributed by atoms with Crippen molar-refractivity contribution < 1.29 is 9.50 Å². The molecule has 0 aliphatic heterocycles. The van der Waals surface area contributed by atoms with Crippen LogP contribution in [-0.4, -0.2) is 21.5 Å². The summed E-state index contributed by atoms with van der Waals surface area (Å²) in [6.45, 7) is 2.27. The predicted molar refractivity (Wildman–Crippen MR) is 101 cm³/mol. The normalized spacial score (nSPS) is 20.0. The van der Waals surface area contributed by atoms with Gasteiger partial charge in [0.15, 0.2) is 0 Å². The van der Waals surface area contributed by atoms with Crippen molar-refractivity contribution in [1.82, 2.24) is 9.78 Å². The number of nitrogens with zero attached hydrogens (tertiary/aromatic N) is 2. The third kappa shape index (κ3) is 2.86. The molecule has 2 atom stereocenters. The van der Waals surface area contributed by atoms with Crippen LogP contribution >= 0.6 is 0 Å². The Labute approximate surface area is 152 Å². The lowest BCUT2D eigenvalue weighted by atomic mass is 9.68. The van der Waals surface area contributed by atoms with Gasteiger partial charge in [0, 0.05) is 5.92 Å². The molecule has 2 aromatic carbocycles. The number of benzene rings is 2. The van der Waals surface area contributed by atoms with Crippen molar-refractivity contribution in [2.24, 2.45) is 5.41 Å². The smallest absolute Gasteiger partial charge is 0.123 e. The number of aliphatic hydroxyl groups is 1. The van der Waals surface area contributed by atoms with Crippen LogP contribution in [0, 0.1) is 11.2 Å². The Hall–Kier alpha value is -2.72. The van der Waals surface area contributed by atoms with Gasteiger partial charge < -0.3 is 5.11 Å². The average Bonchev–Trinajstić information content (AvgIpc) is 3.06. The highest BCUT2D eigenvalue weighted by Crippen LogP contribution is 2.43. The van der Waals surface area contributed by atoms with E-state index in [1.54, 1.807) is 12.1 Å². The van der Waals surface area contributed by atoms with Crippen LogP contribution in [0.2, 0.25) is 0 Å². The number of fused-ring (bicyclic) bond motifs is 1. The summed E-state index contributed by atoms with van der Waals surface area (Å²) in [6, 6.07) is 16.5. The molecule has 0 fully saturated rings. The van der Waals surface area contributed by atoms with E-state index in [0.29, 0.717) is 0 Å². The average molecular weight is 348 g/mol. The number of rotatable bonds is 4. The Kier molecular flexibility index (Phi) is 4.21. The molecule has 3 aromatic rings. The monoisotopic (exact) mass is 348 g/mol. The molecule has 26 heavy (non-hydrogen) atoms. The topological polar surface area (TPSA) is 38.1 Å². The fourth-order valence-electron chi connectivity index (χ4n) is 3.85. The van der Waals surface area contributed by atoms with Gasteiger partial charge in [-0.25, -0.2) is 9.07 Å². The minimum atomic E-state index is -0.258. The summed E-state index contributed by atoms with van der Waals surface area (Å²) in [7, 11) is 0. The summed E-state index contributed by atoms with van der Waals surface area (Å²) < 4.78 is 15.0. The lowest BCUT2D eigenvalue weighted by Gasteiger charge is -2.36. The molecule has 0 radical (unpaired) electrons. The lowest BCUT2D eigenvalue weighted by Crippen LogP contribution is -2.30. The van der Waals surface area contributed by atoms with Gasteiger partial charge in [0.05, 0.1) is 24.2 Å². The molecule has 1 aliphatic carbocycles. The summed E-state index contributed by atoms with van der Waals surface area (Å²) >= 11 is 0. The molecule has 4 rings (SSSR count). The largest absolute Gasteiger partial charge is 0.396 e. The van der Waals surface area contributed by atoms with E-state index >= 15 is 0 Å². The van der Waals surface area contributed by atoms with E-state index < -0.39 is 0 Å². The van der Waals surface area contributed by atoms with Gasteiger partial charge in [0.1, 0.15) is 5.82 Å². The van der Waals surface area contributed by atoms with E-state index in [1.165, 1.54) is 12.1 Å². The maximum Gasteiger partial charge on any atom is 0.123 e. The summed E-state index contributed by atoms with van der Waals surface area (Å²) in [6.07, 6.45) is 6.91. The Morgan fingerprint density at radius 1 is 1.15 bits per heavy atom. The van der Waals surface area contributed by atoms with Gasteiger partial charge in [0.2, 0.25) is 0 Å². The molecule has 1 aromatic heterocycles. The van der Waals surface area contributed by atoms with Crippen molar-refractivity contribution in [1.29, 1.82) is 0 Å². The van der Waals surface area contributed by atoms with Crippen LogP contribution in [-0.2, 0) is 6.42 Å². The molecule has 0 bridgehead atoms. The second kappa shape index (κ2) is 6.54. The molecule has 2 unspecified atom stereocenters. The van der Waals surface area contributed by atoms with Gasteiger partial charge in [-0.05, 0) is 53.3 Å². The van der Waals surface area contributed by atoms with Gasteiger partial charge in [-0.2, -0.15) is 5.10 Å². The fourth-order valence-corrected chi connectivity index (χ4v) is 3.85. The van der Waals surface area contributed by atoms with Gasteiger partial charge in [-0.3, -0.25) is 0 Å². The molecule has 1 N–H and O–H groups in total. The predicted octanol–water partition coefficient (Wildman–Crippen LogP) is 4.36. The van der Waals surface area contributed by atoms with E-state index in [1.807, 2.05) is 29.1 Å². The number of allylic oxidation sites excluding steroid dienone is 1. The van der Waals surface area contributed by atoms with Crippen molar-refractivity contribution in [3.8, 4) is 5.69 Å². The Morgan fingerprint density at radius 2 is 1.88 bits per heavy atom. The summed E-state index contributed by atoms with van der Waals surface area (Å²) in [4.78, 5) is 0. The van der Waals surface area contributed by atoms with E-state index in [2.05, 4.69) is 36.3 Å². The Bertz CT molecular complexity index is 931. The van der Waals surface area contributed by atoms with E-state index in [4.69, 9.17) is 0 Å². The molecular weight excluding hydrogens is 327 g/mol. The minimum absolute atomic E-state index is 0.0160. The van der Waals surface area contributed by atoms with Crippen molar-refractivity contribution in [2.75, 3.05) is 6.61 Å². The van der Waals surface area contributed by atoms with Crippen LogP contribution in [0.1, 0.15) is 29.7 Å². The zero-order valence-electron chi connectivity index (χ0n) is 14.6. The highest BCUT2D eigenvalue weighted by Gasteiger charge is 2.36. The Balaban J connectivity index is 1.69.